The van der Waals surface area contributed by atoms with Gasteiger partial charge in [-0.25, -0.2) is 4.79 Å². The molecule has 3 rings (SSSR count). The van der Waals surface area contributed by atoms with Gasteiger partial charge in [-0.1, -0.05) is 18.2 Å². The van der Waals surface area contributed by atoms with Crippen molar-refractivity contribution >= 4 is 12.2 Å². The molecule has 0 amide bonds. The van der Waals surface area contributed by atoms with Crippen LogP contribution >= 0.6 is 0 Å². The van der Waals surface area contributed by atoms with Gasteiger partial charge in [0.2, 0.25) is 0 Å². The molecule has 0 aromatic heterocycles. The minimum absolute atomic E-state index is 0.141. The molecule has 4 nitrogen and oxygen atoms in total. The minimum atomic E-state index is -0.360. The largest absolute Gasteiger partial charge is 0.493 e. The van der Waals surface area contributed by atoms with E-state index in [1.807, 2.05) is 30.3 Å². The van der Waals surface area contributed by atoms with E-state index in [9.17, 15) is 4.79 Å². The van der Waals surface area contributed by atoms with Crippen LogP contribution in [0, 0.1) is 5.92 Å². The third-order valence-electron chi connectivity index (χ3n) is 3.40. The molecule has 0 fully saturated rings. The van der Waals surface area contributed by atoms with Gasteiger partial charge in [0.05, 0.1) is 13.2 Å². The molecule has 0 unspecified atom stereocenters. The Morgan fingerprint density at radius 3 is 3.16 bits per heavy atom. The summed E-state index contributed by atoms with van der Waals surface area (Å²) in [5.41, 5.74) is 1.49. The summed E-state index contributed by atoms with van der Waals surface area (Å²) in [5, 5.41) is 0. The van der Waals surface area contributed by atoms with Crippen molar-refractivity contribution in [2.75, 3.05) is 13.2 Å². The second-order valence-corrected chi connectivity index (χ2v) is 4.59. The highest BCUT2D eigenvalue weighted by atomic mass is 16.5. The molecule has 2 atom stereocenters. The molecule has 1 aromatic rings. The van der Waals surface area contributed by atoms with Gasteiger partial charge in [-0.05, 0) is 19.1 Å². The predicted octanol–water partition coefficient (Wildman–Crippen LogP) is 2.31. The van der Waals surface area contributed by atoms with Crippen molar-refractivity contribution in [2.45, 2.75) is 12.8 Å². The fraction of sp³-hybridized carbons (Fsp3) is 0.333. The fourth-order valence-corrected chi connectivity index (χ4v) is 2.47. The van der Waals surface area contributed by atoms with Gasteiger partial charge in [0.15, 0.2) is 0 Å². The number of benzene rings is 1. The van der Waals surface area contributed by atoms with E-state index in [1.165, 1.54) is 0 Å². The topological polar surface area (TPSA) is 47.9 Å². The van der Waals surface area contributed by atoms with E-state index in [0.717, 1.165) is 11.3 Å². The highest BCUT2D eigenvalue weighted by Crippen LogP contribution is 2.39. The van der Waals surface area contributed by atoms with E-state index in [4.69, 9.17) is 9.47 Å². The summed E-state index contributed by atoms with van der Waals surface area (Å²) in [5.74, 6) is 0.856. The molecule has 2 heterocycles. The van der Waals surface area contributed by atoms with Crippen molar-refractivity contribution in [3.8, 4) is 5.75 Å². The van der Waals surface area contributed by atoms with Gasteiger partial charge in [0, 0.05) is 23.6 Å². The molecule has 4 heteroatoms. The van der Waals surface area contributed by atoms with Crippen LogP contribution in [0.1, 0.15) is 18.4 Å². The number of ether oxygens (including phenoxy) is 2. The van der Waals surface area contributed by atoms with Gasteiger partial charge in [-0.15, -0.1) is 0 Å². The van der Waals surface area contributed by atoms with E-state index in [-0.39, 0.29) is 17.8 Å². The Labute approximate surface area is 111 Å². The Morgan fingerprint density at radius 2 is 2.32 bits per heavy atom. The van der Waals surface area contributed by atoms with E-state index in [0.29, 0.717) is 18.9 Å². The molecule has 0 saturated heterocycles. The molecule has 0 N–H and O–H groups in total. The van der Waals surface area contributed by atoms with Crippen LogP contribution in [-0.4, -0.2) is 25.4 Å². The second kappa shape index (κ2) is 4.88. The third-order valence-corrected chi connectivity index (χ3v) is 3.40. The van der Waals surface area contributed by atoms with Crippen molar-refractivity contribution in [3.05, 3.63) is 41.6 Å². The lowest BCUT2D eigenvalue weighted by molar-refractivity contribution is -0.138. The number of allylic oxidation sites excluding steroid dienone is 1. The van der Waals surface area contributed by atoms with Gasteiger partial charge in [-0.3, -0.25) is 4.99 Å². The number of hydrogen-bond acceptors (Lipinski definition) is 4. The Morgan fingerprint density at radius 1 is 1.47 bits per heavy atom. The van der Waals surface area contributed by atoms with Gasteiger partial charge < -0.3 is 9.47 Å². The summed E-state index contributed by atoms with van der Waals surface area (Å²) < 4.78 is 10.7. The predicted molar refractivity (Wildman–Crippen MR) is 71.4 cm³/mol. The number of esters is 1. The summed E-state index contributed by atoms with van der Waals surface area (Å²) in [6, 6.07) is 7.92. The fourth-order valence-electron chi connectivity index (χ4n) is 2.47. The molecule has 98 valence electrons. The maximum Gasteiger partial charge on any atom is 0.356 e. The first-order valence-corrected chi connectivity index (χ1v) is 6.44. The zero-order valence-electron chi connectivity index (χ0n) is 10.7. The van der Waals surface area contributed by atoms with Crippen LogP contribution in [0.25, 0.3) is 0 Å². The summed E-state index contributed by atoms with van der Waals surface area (Å²) >= 11 is 0. The summed E-state index contributed by atoms with van der Waals surface area (Å²) in [4.78, 5) is 15.9. The number of carbonyl (C=O) groups is 1. The van der Waals surface area contributed by atoms with Gasteiger partial charge >= 0.3 is 5.97 Å². The number of carbonyl (C=O) groups excluding carboxylic acids is 1. The molecule has 0 spiro atoms. The Balaban J connectivity index is 1.94. The lowest BCUT2D eigenvalue weighted by atomic mass is 9.83. The van der Waals surface area contributed by atoms with Gasteiger partial charge in [0.25, 0.3) is 0 Å². The quantitative estimate of drug-likeness (QED) is 0.764. The van der Waals surface area contributed by atoms with E-state index in [2.05, 4.69) is 4.99 Å². The molecule has 19 heavy (non-hydrogen) atoms. The van der Waals surface area contributed by atoms with E-state index >= 15 is 0 Å². The molecule has 0 bridgehead atoms. The Bertz CT molecular complexity index is 562. The van der Waals surface area contributed by atoms with Crippen LogP contribution in [-0.2, 0) is 9.53 Å². The van der Waals surface area contributed by atoms with Crippen LogP contribution in [0.4, 0.5) is 0 Å². The second-order valence-electron chi connectivity index (χ2n) is 4.59. The van der Waals surface area contributed by atoms with Crippen LogP contribution in [0.15, 0.2) is 41.0 Å². The van der Waals surface area contributed by atoms with Crippen molar-refractivity contribution in [1.82, 2.24) is 0 Å². The first kappa shape index (κ1) is 12.0. The first-order valence-electron chi connectivity index (χ1n) is 6.44. The molecule has 0 saturated carbocycles. The van der Waals surface area contributed by atoms with Gasteiger partial charge in [0.1, 0.15) is 11.4 Å². The monoisotopic (exact) mass is 257 g/mol. The lowest BCUT2D eigenvalue weighted by Gasteiger charge is -2.31. The number of rotatable bonds is 2. The van der Waals surface area contributed by atoms with Crippen LogP contribution in [0.3, 0.4) is 0 Å². The zero-order valence-corrected chi connectivity index (χ0v) is 10.7. The maximum absolute atomic E-state index is 11.7. The molecule has 2 aliphatic rings. The maximum atomic E-state index is 11.7. The highest BCUT2D eigenvalue weighted by molar-refractivity contribution is 5.91. The summed E-state index contributed by atoms with van der Waals surface area (Å²) in [7, 11) is 0. The normalized spacial score (nSPS) is 23.7. The summed E-state index contributed by atoms with van der Waals surface area (Å²) in [6.45, 7) is 2.74. The van der Waals surface area contributed by atoms with Crippen molar-refractivity contribution in [1.29, 1.82) is 0 Å². The van der Waals surface area contributed by atoms with Gasteiger partial charge in [-0.2, -0.15) is 0 Å². The Hall–Kier alpha value is -2.10. The smallest absolute Gasteiger partial charge is 0.356 e. The van der Waals surface area contributed by atoms with E-state index < -0.39 is 0 Å². The lowest BCUT2D eigenvalue weighted by Crippen LogP contribution is -2.29. The first-order chi connectivity index (χ1) is 9.29. The molecule has 0 aliphatic carbocycles. The third kappa shape index (κ3) is 2.14. The van der Waals surface area contributed by atoms with Crippen LogP contribution in [0.2, 0.25) is 0 Å². The molecular formula is C15H15NO3. The average Bonchev–Trinajstić information content (AvgIpc) is 2.47. The van der Waals surface area contributed by atoms with Crippen LogP contribution < -0.4 is 4.74 Å². The number of nitrogens with zero attached hydrogens (tertiary/aromatic N) is 1. The van der Waals surface area contributed by atoms with Crippen molar-refractivity contribution in [3.63, 3.8) is 0 Å². The minimum Gasteiger partial charge on any atom is -0.493 e. The number of aliphatic imine (C=N–C) groups is 1. The number of hydrogen-bond donors (Lipinski definition) is 0. The highest BCUT2D eigenvalue weighted by Gasteiger charge is 2.32. The van der Waals surface area contributed by atoms with E-state index in [1.54, 1.807) is 13.1 Å². The molecule has 2 aliphatic heterocycles. The van der Waals surface area contributed by atoms with Crippen molar-refractivity contribution in [2.24, 2.45) is 10.9 Å². The standard InChI is InChI=1S/C15H15NO3/c1-2-18-15(17)13-7-12-10(8-16-13)9-19-14-6-4-3-5-11(12)14/h3-8,10,12H,2,9H2,1H3/t10-,12-/m0/s1. The average molecular weight is 257 g/mol. The molecular weight excluding hydrogens is 242 g/mol. The number of fused-ring (bicyclic) bond motifs is 3. The molecule has 1 aromatic carbocycles. The van der Waals surface area contributed by atoms with Crippen LogP contribution in [0.5, 0.6) is 5.75 Å². The molecule has 0 radical (unpaired) electrons. The Kier molecular flexibility index (Phi) is 3.07. The van der Waals surface area contributed by atoms with Crippen molar-refractivity contribution < 1.29 is 14.3 Å². The zero-order chi connectivity index (χ0) is 13.2. The SMILES string of the molecule is CCOC(=O)C1=C[C@@H]2c3ccccc3OC[C@@H]2C=N1. The number of para-hydroxylation sites is 1. The summed E-state index contributed by atoms with van der Waals surface area (Å²) in [6.07, 6.45) is 3.69.